The van der Waals surface area contributed by atoms with Crippen LogP contribution in [0.2, 0.25) is 0 Å². The number of carbonyl (C=O) groups is 3. The molecule has 0 radical (unpaired) electrons. The van der Waals surface area contributed by atoms with Gasteiger partial charge < -0.3 is 25.1 Å². The van der Waals surface area contributed by atoms with Gasteiger partial charge in [0.1, 0.15) is 0 Å². The van der Waals surface area contributed by atoms with Crippen molar-refractivity contribution in [2.75, 3.05) is 71.6 Å². The van der Waals surface area contributed by atoms with Crippen molar-refractivity contribution in [2.24, 2.45) is 29.6 Å². The Morgan fingerprint density at radius 3 is 1.02 bits per heavy atom. The molecule has 121 heavy (non-hydrogen) atoms. The molecule has 5 heterocycles. The molecule has 0 fully saturated rings. The zero-order valence-electron chi connectivity index (χ0n) is 76.2. The first-order valence-electron chi connectivity index (χ1n) is 46.0. The number of aromatic nitrogens is 9. The number of nitrogen functional groups attached to an aromatic ring is 1. The Morgan fingerprint density at radius 1 is 0.339 bits per heavy atom. The number of nitrogens with zero attached hydrogens (tertiary/aromatic N) is 9. The third-order valence-electron chi connectivity index (χ3n) is 20.1. The van der Waals surface area contributed by atoms with Crippen LogP contribution in [0.3, 0.4) is 0 Å². The normalized spacial score (nSPS) is 12.7. The third kappa shape index (κ3) is 64.5. The molecule has 694 valence electrons. The van der Waals surface area contributed by atoms with Crippen LogP contribution in [0.1, 0.15) is 353 Å². The number of carbonyl (C=O) groups excluding carboxylic acids is 3. The maximum atomic E-state index is 12.0. The molecule has 1 aromatic carbocycles. The number of hydrogen-bond donors (Lipinski definition) is 2. The van der Waals surface area contributed by atoms with E-state index in [-0.39, 0.29) is 35.5 Å². The number of thioether (sulfide) groups is 6. The highest BCUT2D eigenvalue weighted by molar-refractivity contribution is 8.77. The Balaban J connectivity index is 0.000000516. The number of hydrogen-bond acceptors (Lipinski definition) is 32. The van der Waals surface area contributed by atoms with Crippen molar-refractivity contribution in [1.29, 1.82) is 0 Å². The van der Waals surface area contributed by atoms with Crippen LogP contribution in [0.15, 0.2) is 59.0 Å². The molecule has 0 aliphatic rings. The largest absolute Gasteiger partial charge is 0.465 e. The molecule has 6 atom stereocenters. The average molecular weight is 1960 g/mol. The zero-order chi connectivity index (χ0) is 88.2. The van der Waals surface area contributed by atoms with Crippen molar-refractivity contribution >= 4 is 204 Å². The molecule has 3 N–H and O–H groups in total. The number of fused-ring (bicyclic) bond motifs is 1. The minimum absolute atomic E-state index is 0.140. The minimum atomic E-state index is -0.245. The minimum Gasteiger partial charge on any atom is -0.465 e. The van der Waals surface area contributed by atoms with Crippen LogP contribution in [-0.2, 0) is 28.6 Å². The van der Waals surface area contributed by atoms with E-state index >= 15 is 0 Å². The van der Waals surface area contributed by atoms with Gasteiger partial charge in [0.05, 0.1) is 53.4 Å². The van der Waals surface area contributed by atoms with E-state index in [0.717, 1.165) is 112 Å². The van der Waals surface area contributed by atoms with E-state index in [2.05, 4.69) is 142 Å². The molecule has 0 aliphatic carbocycles. The second kappa shape index (κ2) is 82.2. The van der Waals surface area contributed by atoms with E-state index in [1.807, 2.05) is 63.3 Å². The van der Waals surface area contributed by atoms with Gasteiger partial charge in [-0.15, -0.1) is 52.1 Å². The first-order valence-corrected chi connectivity index (χ1v) is 60.6. The summed E-state index contributed by atoms with van der Waals surface area (Å²) < 4.78 is 25.1. The fraction of sp³-hybridized carbons (Fsp3) is 0.798. The molecule has 32 heteroatoms. The van der Waals surface area contributed by atoms with Gasteiger partial charge in [0.25, 0.3) is 0 Å². The Labute approximate surface area is 794 Å². The molecule has 6 rings (SSSR count). The Bertz CT molecular complexity index is 3200. The molecule has 0 amide bonds. The number of aliphatic hydroxyl groups is 1. The van der Waals surface area contributed by atoms with Gasteiger partial charge >= 0.3 is 17.9 Å². The van der Waals surface area contributed by atoms with Crippen molar-refractivity contribution in [1.82, 2.24) is 45.8 Å². The second-order valence-corrected chi connectivity index (χ2v) is 48.3. The van der Waals surface area contributed by atoms with Gasteiger partial charge in [-0.25, -0.2) is 4.98 Å². The summed E-state index contributed by atoms with van der Waals surface area (Å²) in [4.78, 5) is 40.4. The van der Waals surface area contributed by atoms with Crippen molar-refractivity contribution in [3.05, 3.63) is 24.3 Å². The van der Waals surface area contributed by atoms with E-state index in [1.165, 1.54) is 280 Å². The zero-order valence-corrected chi connectivity index (χ0v) is 88.4. The highest BCUT2D eigenvalue weighted by atomic mass is 33.1. The van der Waals surface area contributed by atoms with Gasteiger partial charge in [0.15, 0.2) is 34.7 Å². The van der Waals surface area contributed by atoms with Crippen molar-refractivity contribution in [3.8, 4) is 0 Å². The van der Waals surface area contributed by atoms with Gasteiger partial charge in [-0.3, -0.25) is 14.4 Å². The number of ether oxygens (including phenoxy) is 3. The maximum absolute atomic E-state index is 12.0. The predicted octanol–water partition coefficient (Wildman–Crippen LogP) is 31.4. The molecular formula is C89H156N10O7S15. The Kier molecular flexibility index (Phi) is 78.9. The lowest BCUT2D eigenvalue weighted by Gasteiger charge is -2.14. The summed E-state index contributed by atoms with van der Waals surface area (Å²) in [6.07, 6.45) is 51.6. The summed E-state index contributed by atoms with van der Waals surface area (Å²) in [5.41, 5.74) is 6.51. The summed E-state index contributed by atoms with van der Waals surface area (Å²) >= 11 is 17.4. The number of benzene rings is 1. The number of rotatable bonds is 71. The Hall–Kier alpha value is -0.980. The summed E-state index contributed by atoms with van der Waals surface area (Å²) in [7, 11) is 7.47. The Morgan fingerprint density at radius 2 is 0.653 bits per heavy atom. The molecule has 17 nitrogen and oxygen atoms in total. The molecule has 0 bridgehead atoms. The van der Waals surface area contributed by atoms with E-state index in [4.69, 9.17) is 19.9 Å². The molecule has 5 aromatic heterocycles. The van der Waals surface area contributed by atoms with E-state index in [0.29, 0.717) is 62.9 Å². The van der Waals surface area contributed by atoms with Crippen LogP contribution >= 0.6 is 170 Å². The maximum Gasteiger partial charge on any atom is 0.316 e. The lowest BCUT2D eigenvalue weighted by molar-refractivity contribution is -0.142. The van der Waals surface area contributed by atoms with Crippen LogP contribution in [0.5, 0.6) is 0 Å². The number of thiazole rings is 1. The third-order valence-corrected chi connectivity index (χ3v) is 37.4. The molecule has 0 spiro atoms. The molecule has 0 saturated heterocycles. The van der Waals surface area contributed by atoms with E-state index in [1.54, 1.807) is 67.4 Å². The van der Waals surface area contributed by atoms with Crippen LogP contribution < -0.4 is 5.73 Å². The van der Waals surface area contributed by atoms with Crippen LogP contribution in [0.25, 0.3) is 10.2 Å². The van der Waals surface area contributed by atoms with Crippen molar-refractivity contribution < 1.29 is 33.7 Å². The second-order valence-electron chi connectivity index (χ2n) is 30.5. The number of unbranched alkanes of at least 4 members (excludes halogenated alkanes) is 22. The molecular weight excluding hydrogens is 1800 g/mol. The number of esters is 3. The SMILES string of the molecule is CCCCC(CC)COC(=O)CSc1nc2ccccc2s1.CCCCC(CC)COC(=O)CSc1nnc(SCC(=O)OCC(CC)CCCC)s1.CCCCC(CC)CSc1nnc(SCC(CC)CCCC)s1.CCCCCCCCCCC(O)CSc1nnc(N)s1.CCCCCCCCSSc1nnc(SSCCCCCCCC)s1. The van der Waals surface area contributed by atoms with Crippen LogP contribution in [0.4, 0.5) is 5.13 Å². The van der Waals surface area contributed by atoms with Gasteiger partial charge in [0.2, 0.25) is 5.13 Å². The molecule has 6 aromatic rings. The highest BCUT2D eigenvalue weighted by Crippen LogP contribution is 2.41. The standard InChI is InChI=1S/C22H38N2O4S3.C18H34N2S5.C18H34N2S3.C17H23NO2S2.C14H27N3OS2/c1-5-9-11-17(7-3)13-27-19(25)15-29-21-23-24-22(31-21)30-16-20(26)28-14-18(8-4)12-10-6-2;1-3-5-7-9-11-13-15-21-24-17-19-20-18(23-17)25-22-16-14-12-10-8-6-4-2;1-5-9-11-15(7-3)13-21-17-19-20-18(23-17)22-14-16(8-4)12-10-6-2;1-3-5-8-13(4-2)11-20-16(19)12-21-17-18-14-9-6-7-10-15(14)22-17;1-2-3-4-5-6-7-8-9-10-12(18)11-19-14-17-16-13(15)20-14/h17-18H,5-16H2,1-4H3;3-16H2,1-2H3;15-16H,5-14H2,1-4H3;6-7,9-10,13H,3-5,8,11-12H2,1-2H3;12,18H,2-11H2,1H3,(H2,15,16). The molecule has 0 aliphatic heterocycles. The first-order chi connectivity index (χ1) is 59.0. The van der Waals surface area contributed by atoms with Gasteiger partial charge in [-0.1, -0.05) is 452 Å². The van der Waals surface area contributed by atoms with Gasteiger partial charge in [-0.05, 0) is 115 Å². The monoisotopic (exact) mass is 1960 g/mol. The van der Waals surface area contributed by atoms with Crippen molar-refractivity contribution in [2.45, 2.75) is 394 Å². The lowest BCUT2D eigenvalue weighted by Crippen LogP contribution is -2.15. The van der Waals surface area contributed by atoms with Gasteiger partial charge in [0, 0.05) is 28.8 Å². The van der Waals surface area contributed by atoms with Crippen molar-refractivity contribution in [3.63, 3.8) is 0 Å². The first kappa shape index (κ1) is 116. The fourth-order valence-electron chi connectivity index (χ4n) is 11.9. The summed E-state index contributed by atoms with van der Waals surface area (Å²) in [5, 5.41) is 43.6. The quantitative estimate of drug-likeness (QED) is 0.0119. The summed E-state index contributed by atoms with van der Waals surface area (Å²) in [6, 6.07) is 8.03. The predicted molar refractivity (Wildman–Crippen MR) is 544 cm³/mol. The highest BCUT2D eigenvalue weighted by Gasteiger charge is 2.19. The summed E-state index contributed by atoms with van der Waals surface area (Å²) in [5.74, 6) is 8.79. The summed E-state index contributed by atoms with van der Waals surface area (Å²) in [6.45, 7) is 30.4. The number of para-hydroxylation sites is 1. The number of nitrogens with two attached hydrogens (primary N) is 1. The van der Waals surface area contributed by atoms with E-state index < -0.39 is 0 Å². The topological polar surface area (TPSA) is 241 Å². The number of anilines is 1. The molecule has 0 saturated carbocycles. The fourth-order valence-corrected chi connectivity index (χ4v) is 27.5. The van der Waals surface area contributed by atoms with Gasteiger partial charge in [-0.2, -0.15) is 0 Å². The smallest absolute Gasteiger partial charge is 0.316 e. The van der Waals surface area contributed by atoms with Crippen LogP contribution in [0, 0.1) is 29.6 Å². The van der Waals surface area contributed by atoms with E-state index in [9.17, 15) is 19.5 Å². The van der Waals surface area contributed by atoms with Crippen LogP contribution in [-0.4, -0.2) is 141 Å². The number of aliphatic hydroxyl groups excluding tert-OH is 1. The molecule has 6 unspecified atom stereocenters. The average Bonchev–Trinajstić information content (AvgIpc) is 1.70. The lowest BCUT2D eigenvalue weighted by atomic mass is 10.0.